The summed E-state index contributed by atoms with van der Waals surface area (Å²) in [5.41, 5.74) is 10.4. The van der Waals surface area contributed by atoms with Crippen LogP contribution in [0.5, 0.6) is 0 Å². The van der Waals surface area contributed by atoms with Crippen LogP contribution in [-0.2, 0) is 0 Å². The van der Waals surface area contributed by atoms with Crippen molar-refractivity contribution in [1.29, 1.82) is 0 Å². The number of hydrogen-bond acceptors (Lipinski definition) is 3. The third kappa shape index (κ3) is 4.45. The molecule has 1 saturated heterocycles. The summed E-state index contributed by atoms with van der Waals surface area (Å²) in [6, 6.07) is 6.93. The number of rotatable bonds is 5. The molecule has 2 rings (SSSR count). The molecule has 0 spiro atoms. The zero-order chi connectivity index (χ0) is 15.4. The van der Waals surface area contributed by atoms with E-state index in [4.69, 9.17) is 5.73 Å². The van der Waals surface area contributed by atoms with E-state index in [1.54, 1.807) is 0 Å². The van der Waals surface area contributed by atoms with Crippen LogP contribution in [0, 0.1) is 19.8 Å². The predicted molar refractivity (Wildman–Crippen MR) is 92.0 cm³/mol. The number of aryl methyl sites for hydroxylation is 1. The van der Waals surface area contributed by atoms with Crippen molar-refractivity contribution in [3.63, 3.8) is 0 Å². The van der Waals surface area contributed by atoms with Gasteiger partial charge in [-0.2, -0.15) is 0 Å². The Labute approximate surface area is 130 Å². The molecule has 118 valence electrons. The minimum absolute atomic E-state index is 0.317. The topological polar surface area (TPSA) is 32.5 Å². The van der Waals surface area contributed by atoms with E-state index in [-0.39, 0.29) is 0 Å². The Hall–Kier alpha value is -1.06. The van der Waals surface area contributed by atoms with E-state index in [9.17, 15) is 0 Å². The van der Waals surface area contributed by atoms with E-state index < -0.39 is 0 Å². The van der Waals surface area contributed by atoms with Crippen molar-refractivity contribution in [2.45, 2.75) is 40.2 Å². The molecule has 0 saturated carbocycles. The highest BCUT2D eigenvalue weighted by Crippen LogP contribution is 2.23. The van der Waals surface area contributed by atoms with Gasteiger partial charge in [0.25, 0.3) is 0 Å². The van der Waals surface area contributed by atoms with Gasteiger partial charge in [-0.05, 0) is 43.4 Å². The molecule has 21 heavy (non-hydrogen) atoms. The SMILES string of the molecule is Cc1cccc(N2CCN(CC(N)CC(C)C)CC2)c1C. The summed E-state index contributed by atoms with van der Waals surface area (Å²) >= 11 is 0. The smallest absolute Gasteiger partial charge is 0.0399 e. The molecule has 0 bridgehead atoms. The second kappa shape index (κ2) is 7.28. The van der Waals surface area contributed by atoms with Crippen LogP contribution in [0.2, 0.25) is 0 Å². The lowest BCUT2D eigenvalue weighted by molar-refractivity contribution is 0.233. The summed E-state index contributed by atoms with van der Waals surface area (Å²) in [7, 11) is 0. The molecule has 1 aromatic carbocycles. The van der Waals surface area contributed by atoms with Gasteiger partial charge in [0.05, 0.1) is 0 Å². The number of piperazine rings is 1. The second-order valence-electron chi connectivity index (χ2n) is 6.90. The fourth-order valence-electron chi connectivity index (χ4n) is 3.26. The standard InChI is InChI=1S/C18H31N3/c1-14(2)12-17(19)13-20-8-10-21(11-9-20)18-7-5-6-15(3)16(18)4/h5-7,14,17H,8-13,19H2,1-4H3. The monoisotopic (exact) mass is 289 g/mol. The lowest BCUT2D eigenvalue weighted by atomic mass is 10.0. The molecule has 1 atom stereocenters. The second-order valence-corrected chi connectivity index (χ2v) is 6.90. The lowest BCUT2D eigenvalue weighted by Gasteiger charge is -2.38. The van der Waals surface area contributed by atoms with Gasteiger partial charge >= 0.3 is 0 Å². The average molecular weight is 289 g/mol. The van der Waals surface area contributed by atoms with Crippen molar-refractivity contribution in [2.75, 3.05) is 37.6 Å². The quantitative estimate of drug-likeness (QED) is 0.904. The van der Waals surface area contributed by atoms with E-state index in [1.807, 2.05) is 0 Å². The van der Waals surface area contributed by atoms with E-state index in [0.717, 1.165) is 39.1 Å². The van der Waals surface area contributed by atoms with Crippen LogP contribution in [0.4, 0.5) is 5.69 Å². The van der Waals surface area contributed by atoms with Crippen molar-refractivity contribution < 1.29 is 0 Å². The van der Waals surface area contributed by atoms with Crippen molar-refractivity contribution in [3.05, 3.63) is 29.3 Å². The van der Waals surface area contributed by atoms with Crippen molar-refractivity contribution in [3.8, 4) is 0 Å². The molecule has 0 aromatic heterocycles. The highest BCUT2D eigenvalue weighted by molar-refractivity contribution is 5.56. The van der Waals surface area contributed by atoms with Crippen LogP contribution in [0.15, 0.2) is 18.2 Å². The zero-order valence-electron chi connectivity index (χ0n) is 14.1. The summed E-state index contributed by atoms with van der Waals surface area (Å²) in [5, 5.41) is 0. The maximum atomic E-state index is 6.24. The molecule has 0 radical (unpaired) electrons. The first-order valence-corrected chi connectivity index (χ1v) is 8.26. The first-order valence-electron chi connectivity index (χ1n) is 8.26. The van der Waals surface area contributed by atoms with Gasteiger partial charge in [-0.15, -0.1) is 0 Å². The van der Waals surface area contributed by atoms with Crippen LogP contribution >= 0.6 is 0 Å². The number of benzene rings is 1. The summed E-state index contributed by atoms with van der Waals surface area (Å²) < 4.78 is 0. The Morgan fingerprint density at radius 1 is 1.10 bits per heavy atom. The van der Waals surface area contributed by atoms with Crippen LogP contribution in [0.1, 0.15) is 31.4 Å². The summed E-state index contributed by atoms with van der Waals surface area (Å²) in [5.74, 6) is 0.691. The van der Waals surface area contributed by atoms with Gasteiger partial charge in [-0.25, -0.2) is 0 Å². The van der Waals surface area contributed by atoms with Gasteiger partial charge in [0.1, 0.15) is 0 Å². The van der Waals surface area contributed by atoms with Crippen molar-refractivity contribution in [2.24, 2.45) is 11.7 Å². The molecule has 3 nitrogen and oxygen atoms in total. The lowest BCUT2D eigenvalue weighted by Crippen LogP contribution is -2.50. The molecule has 2 N–H and O–H groups in total. The largest absolute Gasteiger partial charge is 0.369 e. The molecule has 3 heteroatoms. The minimum atomic E-state index is 0.317. The van der Waals surface area contributed by atoms with Crippen LogP contribution in [-0.4, -0.2) is 43.7 Å². The number of hydrogen-bond donors (Lipinski definition) is 1. The van der Waals surface area contributed by atoms with Crippen molar-refractivity contribution >= 4 is 5.69 Å². The number of nitrogens with zero attached hydrogens (tertiary/aromatic N) is 2. The Balaban J connectivity index is 1.87. The number of nitrogens with two attached hydrogens (primary N) is 1. The third-order valence-corrected chi connectivity index (χ3v) is 4.56. The summed E-state index contributed by atoms with van der Waals surface area (Å²) in [4.78, 5) is 5.04. The predicted octanol–water partition coefficient (Wildman–Crippen LogP) is 2.80. The Morgan fingerprint density at radius 3 is 2.38 bits per heavy atom. The molecule has 0 aliphatic carbocycles. The van der Waals surface area contributed by atoms with Crippen LogP contribution < -0.4 is 10.6 Å². The Morgan fingerprint density at radius 2 is 1.76 bits per heavy atom. The maximum Gasteiger partial charge on any atom is 0.0399 e. The van der Waals surface area contributed by atoms with E-state index >= 15 is 0 Å². The molecule has 1 aliphatic rings. The van der Waals surface area contributed by atoms with Crippen LogP contribution in [0.25, 0.3) is 0 Å². The minimum Gasteiger partial charge on any atom is -0.369 e. The summed E-state index contributed by atoms with van der Waals surface area (Å²) in [6.45, 7) is 14.4. The zero-order valence-corrected chi connectivity index (χ0v) is 14.1. The summed E-state index contributed by atoms with van der Waals surface area (Å²) in [6.07, 6.45) is 1.12. The molecule has 1 unspecified atom stereocenters. The van der Waals surface area contributed by atoms with Crippen molar-refractivity contribution in [1.82, 2.24) is 4.90 Å². The van der Waals surface area contributed by atoms with Gasteiger partial charge in [0, 0.05) is 44.5 Å². The molecule has 0 amide bonds. The highest BCUT2D eigenvalue weighted by atomic mass is 15.3. The van der Waals surface area contributed by atoms with Crippen LogP contribution in [0.3, 0.4) is 0 Å². The molecule has 1 fully saturated rings. The van der Waals surface area contributed by atoms with Gasteiger partial charge in [0.15, 0.2) is 0 Å². The molecule has 1 aliphatic heterocycles. The first-order chi connectivity index (χ1) is 9.97. The van der Waals surface area contributed by atoms with Gasteiger partial charge < -0.3 is 10.6 Å². The Kier molecular flexibility index (Phi) is 5.65. The average Bonchev–Trinajstić information content (AvgIpc) is 2.42. The fraction of sp³-hybridized carbons (Fsp3) is 0.667. The van der Waals surface area contributed by atoms with E-state index in [2.05, 4.69) is 55.7 Å². The van der Waals surface area contributed by atoms with E-state index in [1.165, 1.54) is 16.8 Å². The van der Waals surface area contributed by atoms with Gasteiger partial charge in [0.2, 0.25) is 0 Å². The van der Waals surface area contributed by atoms with E-state index in [0.29, 0.717) is 12.0 Å². The first kappa shape index (κ1) is 16.3. The molecular formula is C18H31N3. The van der Waals surface area contributed by atoms with Gasteiger partial charge in [-0.1, -0.05) is 26.0 Å². The highest BCUT2D eigenvalue weighted by Gasteiger charge is 2.20. The third-order valence-electron chi connectivity index (χ3n) is 4.56. The van der Waals surface area contributed by atoms with Gasteiger partial charge in [-0.3, -0.25) is 4.90 Å². The normalized spacial score (nSPS) is 18.3. The molecular weight excluding hydrogens is 258 g/mol. The Bertz CT molecular complexity index is 448. The fourth-order valence-corrected chi connectivity index (χ4v) is 3.26. The maximum absolute atomic E-state index is 6.24. The molecule has 1 aromatic rings. The number of anilines is 1. The molecule has 1 heterocycles.